The standard InChI is InChI=1S/C28H42N2O10/c1-17(2)13-36-25-18(3)39-28(33)21(14-35-15-23(25)40-20-9-7-6-8-10-20)30-27(32)24-26(38-16-37-19(4)31)22(34-5)11-12-29-24/h11-12,17-18,20-21,23,25H,6-10,13-16H2,1-5H3,(H,30,32). The highest BCUT2D eigenvalue weighted by atomic mass is 16.7. The fourth-order valence-electron chi connectivity index (χ4n) is 4.60. The molecular weight excluding hydrogens is 524 g/mol. The van der Waals surface area contributed by atoms with Gasteiger partial charge in [-0.3, -0.25) is 9.59 Å². The second-order valence-electron chi connectivity index (χ2n) is 10.4. The lowest BCUT2D eigenvalue weighted by Gasteiger charge is -2.34. The molecule has 1 amide bonds. The molecular formula is C28H42N2O10. The number of esters is 2. The first-order chi connectivity index (χ1) is 19.2. The molecule has 40 heavy (non-hydrogen) atoms. The molecule has 4 atom stereocenters. The monoisotopic (exact) mass is 566 g/mol. The van der Waals surface area contributed by atoms with E-state index in [1.54, 1.807) is 6.92 Å². The molecule has 1 saturated carbocycles. The highest BCUT2D eigenvalue weighted by Gasteiger charge is 2.38. The zero-order valence-corrected chi connectivity index (χ0v) is 24.0. The van der Waals surface area contributed by atoms with Gasteiger partial charge in [0.1, 0.15) is 18.3 Å². The molecule has 1 aromatic heterocycles. The number of pyridine rings is 1. The van der Waals surface area contributed by atoms with Crippen molar-refractivity contribution in [1.82, 2.24) is 10.3 Å². The van der Waals surface area contributed by atoms with Gasteiger partial charge in [0, 0.05) is 25.8 Å². The molecule has 0 radical (unpaired) electrons. The molecule has 0 aromatic carbocycles. The zero-order valence-electron chi connectivity index (χ0n) is 24.0. The number of hydrogen-bond acceptors (Lipinski definition) is 11. The number of amides is 1. The predicted molar refractivity (Wildman–Crippen MR) is 142 cm³/mol. The molecule has 0 spiro atoms. The van der Waals surface area contributed by atoms with Crippen LogP contribution in [0.4, 0.5) is 0 Å². The summed E-state index contributed by atoms with van der Waals surface area (Å²) < 4.78 is 39.9. The number of nitrogens with zero attached hydrogens (tertiary/aromatic N) is 1. The summed E-state index contributed by atoms with van der Waals surface area (Å²) in [5.74, 6) is -1.54. The topological polar surface area (TPSA) is 141 Å². The average molecular weight is 567 g/mol. The Labute approximate surface area is 235 Å². The van der Waals surface area contributed by atoms with Crippen LogP contribution in [0.3, 0.4) is 0 Å². The molecule has 1 aromatic rings. The number of carbonyl (C=O) groups excluding carboxylic acids is 3. The number of rotatable bonds is 11. The number of ether oxygens (including phenoxy) is 7. The van der Waals surface area contributed by atoms with Crippen LogP contribution < -0.4 is 14.8 Å². The van der Waals surface area contributed by atoms with Crippen LogP contribution in [0.5, 0.6) is 11.5 Å². The zero-order chi connectivity index (χ0) is 29.1. The molecule has 3 rings (SSSR count). The summed E-state index contributed by atoms with van der Waals surface area (Å²) in [5, 5.41) is 2.63. The van der Waals surface area contributed by atoms with Crippen LogP contribution in [0.1, 0.15) is 70.3 Å². The van der Waals surface area contributed by atoms with E-state index in [-0.39, 0.29) is 42.4 Å². The summed E-state index contributed by atoms with van der Waals surface area (Å²) in [5.41, 5.74) is -0.163. The highest BCUT2D eigenvalue weighted by molar-refractivity contribution is 5.98. The first-order valence-electron chi connectivity index (χ1n) is 13.8. The van der Waals surface area contributed by atoms with Gasteiger partial charge in [-0.2, -0.15) is 0 Å². The van der Waals surface area contributed by atoms with E-state index in [1.165, 1.54) is 32.7 Å². The van der Waals surface area contributed by atoms with Crippen molar-refractivity contribution in [2.75, 3.05) is 33.7 Å². The van der Waals surface area contributed by atoms with E-state index in [2.05, 4.69) is 10.3 Å². The van der Waals surface area contributed by atoms with Crippen LogP contribution in [0.15, 0.2) is 12.3 Å². The van der Waals surface area contributed by atoms with Crippen molar-refractivity contribution >= 4 is 17.8 Å². The number of carbonyl (C=O) groups is 3. The van der Waals surface area contributed by atoms with Crippen molar-refractivity contribution in [3.63, 3.8) is 0 Å². The predicted octanol–water partition coefficient (Wildman–Crippen LogP) is 2.81. The van der Waals surface area contributed by atoms with Gasteiger partial charge in [0.2, 0.25) is 6.79 Å². The third-order valence-corrected chi connectivity index (χ3v) is 6.60. The maximum Gasteiger partial charge on any atom is 0.331 e. The summed E-state index contributed by atoms with van der Waals surface area (Å²) in [6.07, 6.45) is 5.17. The number of aromatic nitrogens is 1. The number of methoxy groups -OCH3 is 1. The van der Waals surface area contributed by atoms with Gasteiger partial charge in [0.15, 0.2) is 23.2 Å². The van der Waals surface area contributed by atoms with Gasteiger partial charge in [0.05, 0.1) is 26.4 Å². The summed E-state index contributed by atoms with van der Waals surface area (Å²) in [4.78, 5) is 41.7. The Morgan fingerprint density at radius 3 is 2.60 bits per heavy atom. The molecule has 0 bridgehead atoms. The molecule has 2 heterocycles. The van der Waals surface area contributed by atoms with Gasteiger partial charge in [0.25, 0.3) is 5.91 Å². The smallest absolute Gasteiger partial charge is 0.331 e. The number of nitrogens with one attached hydrogen (secondary N) is 1. The first-order valence-corrected chi connectivity index (χ1v) is 13.8. The maximum absolute atomic E-state index is 13.2. The van der Waals surface area contributed by atoms with E-state index in [9.17, 15) is 14.4 Å². The second kappa shape index (κ2) is 15.7. The van der Waals surface area contributed by atoms with E-state index >= 15 is 0 Å². The molecule has 12 nitrogen and oxygen atoms in total. The third-order valence-electron chi connectivity index (χ3n) is 6.60. The molecule has 12 heteroatoms. The number of cyclic esters (lactones) is 1. The molecule has 224 valence electrons. The Morgan fingerprint density at radius 1 is 1.18 bits per heavy atom. The highest BCUT2D eigenvalue weighted by Crippen LogP contribution is 2.30. The van der Waals surface area contributed by atoms with E-state index in [0.29, 0.717) is 6.61 Å². The Bertz CT molecular complexity index is 982. The molecule has 1 saturated heterocycles. The summed E-state index contributed by atoms with van der Waals surface area (Å²) in [6, 6.07) is 0.353. The van der Waals surface area contributed by atoms with Crippen molar-refractivity contribution in [3.8, 4) is 11.5 Å². The molecule has 2 fully saturated rings. The number of hydrogen-bond donors (Lipinski definition) is 1. The van der Waals surface area contributed by atoms with Crippen molar-refractivity contribution in [3.05, 3.63) is 18.0 Å². The van der Waals surface area contributed by atoms with Crippen molar-refractivity contribution in [1.29, 1.82) is 0 Å². The maximum atomic E-state index is 13.2. The quantitative estimate of drug-likeness (QED) is 0.312. The summed E-state index contributed by atoms with van der Waals surface area (Å²) in [7, 11) is 1.39. The summed E-state index contributed by atoms with van der Waals surface area (Å²) >= 11 is 0. The van der Waals surface area contributed by atoms with Crippen LogP contribution in [0.2, 0.25) is 0 Å². The van der Waals surface area contributed by atoms with Gasteiger partial charge < -0.3 is 38.5 Å². The Kier molecular flexibility index (Phi) is 12.4. The molecule has 4 unspecified atom stereocenters. The summed E-state index contributed by atoms with van der Waals surface area (Å²) in [6.45, 7) is 7.11. The Morgan fingerprint density at radius 2 is 1.93 bits per heavy atom. The lowest BCUT2D eigenvalue weighted by atomic mass is 9.97. The third kappa shape index (κ3) is 9.31. The lowest BCUT2D eigenvalue weighted by Crippen LogP contribution is -2.47. The second-order valence-corrected chi connectivity index (χ2v) is 10.4. The van der Waals surface area contributed by atoms with Crippen molar-refractivity contribution in [2.24, 2.45) is 5.92 Å². The lowest BCUT2D eigenvalue weighted by molar-refractivity contribution is -0.177. The molecule has 1 aliphatic carbocycles. The largest absolute Gasteiger partial charge is 0.493 e. The Hall–Kier alpha value is -2.96. The van der Waals surface area contributed by atoms with Crippen molar-refractivity contribution in [2.45, 2.75) is 90.3 Å². The van der Waals surface area contributed by atoms with E-state index in [0.717, 1.165) is 25.7 Å². The van der Waals surface area contributed by atoms with Gasteiger partial charge in [-0.15, -0.1) is 0 Å². The molecule has 2 aliphatic rings. The van der Waals surface area contributed by atoms with Crippen LogP contribution in [0, 0.1) is 5.92 Å². The van der Waals surface area contributed by atoms with Gasteiger partial charge in [-0.1, -0.05) is 33.1 Å². The van der Waals surface area contributed by atoms with E-state index in [4.69, 9.17) is 33.2 Å². The van der Waals surface area contributed by atoms with E-state index in [1.807, 2.05) is 13.8 Å². The SMILES string of the molecule is COc1ccnc(C(=O)NC2COCC(OC3CCCCC3)C(OCC(C)C)C(C)OC2=O)c1OCOC(C)=O. The fourth-order valence-corrected chi connectivity index (χ4v) is 4.60. The average Bonchev–Trinajstić information content (AvgIpc) is 2.96. The van der Waals surface area contributed by atoms with Crippen LogP contribution >= 0.6 is 0 Å². The van der Waals surface area contributed by atoms with Crippen LogP contribution in [-0.2, 0) is 33.3 Å². The molecule has 1 aliphatic heterocycles. The van der Waals surface area contributed by atoms with Gasteiger partial charge >= 0.3 is 11.9 Å². The van der Waals surface area contributed by atoms with Gasteiger partial charge in [-0.05, 0) is 25.7 Å². The Balaban J connectivity index is 1.75. The molecule has 1 N–H and O–H groups in total. The van der Waals surface area contributed by atoms with E-state index < -0.39 is 49.0 Å². The van der Waals surface area contributed by atoms with Gasteiger partial charge in [-0.25, -0.2) is 9.78 Å². The van der Waals surface area contributed by atoms with Crippen LogP contribution in [0.25, 0.3) is 0 Å². The van der Waals surface area contributed by atoms with Crippen molar-refractivity contribution < 1.29 is 47.5 Å². The normalized spacial score (nSPS) is 24.3. The fraction of sp³-hybridized carbons (Fsp3) is 0.714. The minimum Gasteiger partial charge on any atom is -0.493 e. The van der Waals surface area contributed by atoms with Crippen LogP contribution in [-0.4, -0.2) is 87.0 Å². The first kappa shape index (κ1) is 31.6. The minimum absolute atomic E-state index is 0.0439. The minimum atomic E-state index is -1.14.